The first-order chi connectivity index (χ1) is 7.92. The van der Waals surface area contributed by atoms with Crippen LogP contribution in [0.1, 0.15) is 48.7 Å². The van der Waals surface area contributed by atoms with Crippen LogP contribution in [-0.2, 0) is 6.42 Å². The molecule has 1 aliphatic carbocycles. The van der Waals surface area contributed by atoms with Crippen molar-refractivity contribution in [2.24, 2.45) is 5.92 Å². The molecule has 1 N–H and O–H groups in total. The van der Waals surface area contributed by atoms with Crippen molar-refractivity contribution in [2.45, 2.75) is 44.4 Å². The summed E-state index contributed by atoms with van der Waals surface area (Å²) in [5, 5.41) is 7.14. The lowest BCUT2D eigenvalue weighted by atomic mass is 9.86. The van der Waals surface area contributed by atoms with E-state index in [0.29, 0.717) is 0 Å². The molecule has 88 valence electrons. The molecule has 0 radical (unpaired) electrons. The Labute approximate surface area is 101 Å². The van der Waals surface area contributed by atoms with Gasteiger partial charge in [-0.1, -0.05) is 6.42 Å². The lowest BCUT2D eigenvalue weighted by molar-refractivity contribution is 0.369. The summed E-state index contributed by atoms with van der Waals surface area (Å²) >= 11 is 1.90. The number of hydrogen-bond acceptors (Lipinski definition) is 3. The highest BCUT2D eigenvalue weighted by molar-refractivity contribution is 7.09. The fraction of sp³-hybridized carbons (Fsp3) is 0.769. The van der Waals surface area contributed by atoms with E-state index in [1.807, 2.05) is 11.3 Å². The number of rotatable bonds is 3. The van der Waals surface area contributed by atoms with E-state index in [9.17, 15) is 0 Å². The van der Waals surface area contributed by atoms with Gasteiger partial charge in [0.05, 0.1) is 10.7 Å². The molecule has 1 aromatic rings. The van der Waals surface area contributed by atoms with E-state index in [2.05, 4.69) is 10.7 Å². The molecule has 1 aromatic heterocycles. The van der Waals surface area contributed by atoms with Gasteiger partial charge in [0.15, 0.2) is 0 Å². The molecule has 2 aliphatic rings. The van der Waals surface area contributed by atoms with Gasteiger partial charge in [0, 0.05) is 11.3 Å². The maximum atomic E-state index is 4.82. The summed E-state index contributed by atoms with van der Waals surface area (Å²) in [7, 11) is 0. The molecule has 1 saturated heterocycles. The Bertz CT molecular complexity index is 337. The van der Waals surface area contributed by atoms with E-state index < -0.39 is 0 Å². The lowest BCUT2D eigenvalue weighted by Crippen LogP contribution is -2.28. The second-order valence-corrected chi connectivity index (χ2v) is 6.09. The molecule has 0 amide bonds. The summed E-state index contributed by atoms with van der Waals surface area (Å²) in [6, 6.07) is 0. The maximum absolute atomic E-state index is 4.82. The van der Waals surface area contributed by atoms with Crippen LogP contribution < -0.4 is 5.32 Å². The molecular formula is C13H20N2S. The first kappa shape index (κ1) is 10.7. The number of thiazole rings is 1. The molecule has 16 heavy (non-hydrogen) atoms. The zero-order valence-corrected chi connectivity index (χ0v) is 10.6. The standard InChI is InChI=1S/C13H20N2S/c1-2-11(3-1)13-15-12(9-16-13)8-10-4-6-14-7-5-10/h9-11,14H,1-8H2. The van der Waals surface area contributed by atoms with Crippen LogP contribution in [0.3, 0.4) is 0 Å². The Morgan fingerprint density at radius 3 is 2.75 bits per heavy atom. The molecule has 0 atom stereocenters. The summed E-state index contributed by atoms with van der Waals surface area (Å²) in [6.45, 7) is 2.40. The molecular weight excluding hydrogens is 216 g/mol. The van der Waals surface area contributed by atoms with Gasteiger partial charge in [-0.2, -0.15) is 0 Å². The zero-order valence-electron chi connectivity index (χ0n) is 9.74. The molecule has 1 aliphatic heterocycles. The molecule has 2 heterocycles. The van der Waals surface area contributed by atoms with Crippen molar-refractivity contribution in [3.8, 4) is 0 Å². The third-order valence-corrected chi connectivity index (χ3v) is 5.04. The molecule has 0 bridgehead atoms. The van der Waals surface area contributed by atoms with Crippen LogP contribution in [0.5, 0.6) is 0 Å². The largest absolute Gasteiger partial charge is 0.317 e. The topological polar surface area (TPSA) is 24.9 Å². The van der Waals surface area contributed by atoms with Gasteiger partial charge in [0.2, 0.25) is 0 Å². The van der Waals surface area contributed by atoms with Crippen LogP contribution in [0.15, 0.2) is 5.38 Å². The highest BCUT2D eigenvalue weighted by Crippen LogP contribution is 2.38. The molecule has 0 spiro atoms. The van der Waals surface area contributed by atoms with Gasteiger partial charge in [0.1, 0.15) is 0 Å². The van der Waals surface area contributed by atoms with Crippen molar-refractivity contribution in [1.82, 2.24) is 10.3 Å². The van der Waals surface area contributed by atoms with E-state index in [1.54, 1.807) is 0 Å². The number of piperidine rings is 1. The monoisotopic (exact) mass is 236 g/mol. The van der Waals surface area contributed by atoms with E-state index in [0.717, 1.165) is 11.8 Å². The molecule has 2 nitrogen and oxygen atoms in total. The minimum absolute atomic E-state index is 0.812. The lowest BCUT2D eigenvalue weighted by Gasteiger charge is -2.23. The second-order valence-electron chi connectivity index (χ2n) is 5.20. The van der Waals surface area contributed by atoms with E-state index in [1.165, 1.54) is 62.3 Å². The van der Waals surface area contributed by atoms with Gasteiger partial charge in [-0.15, -0.1) is 11.3 Å². The van der Waals surface area contributed by atoms with E-state index in [4.69, 9.17) is 4.98 Å². The summed E-state index contributed by atoms with van der Waals surface area (Å²) in [6.07, 6.45) is 8.03. The van der Waals surface area contributed by atoms with Crippen molar-refractivity contribution in [3.05, 3.63) is 16.1 Å². The molecule has 0 unspecified atom stereocenters. The van der Waals surface area contributed by atoms with Crippen molar-refractivity contribution in [1.29, 1.82) is 0 Å². The number of aromatic nitrogens is 1. The van der Waals surface area contributed by atoms with Crippen LogP contribution in [0.4, 0.5) is 0 Å². The predicted molar refractivity (Wildman–Crippen MR) is 68.0 cm³/mol. The smallest absolute Gasteiger partial charge is 0.0959 e. The van der Waals surface area contributed by atoms with Crippen LogP contribution in [0.2, 0.25) is 0 Å². The van der Waals surface area contributed by atoms with Gasteiger partial charge in [-0.05, 0) is 51.1 Å². The summed E-state index contributed by atoms with van der Waals surface area (Å²) in [5.74, 6) is 1.68. The minimum atomic E-state index is 0.812. The summed E-state index contributed by atoms with van der Waals surface area (Å²) in [5.41, 5.74) is 1.36. The van der Waals surface area contributed by atoms with Crippen LogP contribution in [-0.4, -0.2) is 18.1 Å². The Kier molecular flexibility index (Phi) is 3.25. The van der Waals surface area contributed by atoms with Crippen molar-refractivity contribution >= 4 is 11.3 Å². The maximum Gasteiger partial charge on any atom is 0.0959 e. The Hall–Kier alpha value is -0.410. The quantitative estimate of drug-likeness (QED) is 0.873. The zero-order chi connectivity index (χ0) is 10.8. The SMILES string of the molecule is c1sc(C2CCC2)nc1CC1CCNCC1. The van der Waals surface area contributed by atoms with Gasteiger partial charge >= 0.3 is 0 Å². The predicted octanol–water partition coefficient (Wildman–Crippen LogP) is 2.95. The van der Waals surface area contributed by atoms with Gasteiger partial charge in [-0.25, -0.2) is 4.98 Å². The Morgan fingerprint density at radius 1 is 1.25 bits per heavy atom. The average Bonchev–Trinajstić information content (AvgIpc) is 2.65. The van der Waals surface area contributed by atoms with Gasteiger partial charge in [0.25, 0.3) is 0 Å². The molecule has 1 saturated carbocycles. The first-order valence-corrected chi connectivity index (χ1v) is 7.45. The van der Waals surface area contributed by atoms with E-state index >= 15 is 0 Å². The molecule has 0 aromatic carbocycles. The Balaban J connectivity index is 1.58. The fourth-order valence-electron chi connectivity index (χ4n) is 2.64. The third-order valence-electron chi connectivity index (χ3n) is 3.98. The minimum Gasteiger partial charge on any atom is -0.317 e. The second kappa shape index (κ2) is 4.84. The van der Waals surface area contributed by atoms with Gasteiger partial charge in [-0.3, -0.25) is 0 Å². The molecule has 3 rings (SSSR count). The highest BCUT2D eigenvalue weighted by atomic mass is 32.1. The Morgan fingerprint density at radius 2 is 2.06 bits per heavy atom. The molecule has 2 fully saturated rings. The van der Waals surface area contributed by atoms with Crippen molar-refractivity contribution in [3.63, 3.8) is 0 Å². The van der Waals surface area contributed by atoms with Crippen LogP contribution in [0.25, 0.3) is 0 Å². The van der Waals surface area contributed by atoms with Crippen molar-refractivity contribution in [2.75, 3.05) is 13.1 Å². The number of nitrogens with zero attached hydrogens (tertiary/aromatic N) is 1. The van der Waals surface area contributed by atoms with Crippen LogP contribution in [0, 0.1) is 5.92 Å². The number of nitrogens with one attached hydrogen (secondary N) is 1. The average molecular weight is 236 g/mol. The summed E-state index contributed by atoms with van der Waals surface area (Å²) < 4.78 is 0. The van der Waals surface area contributed by atoms with Crippen LogP contribution >= 0.6 is 11.3 Å². The summed E-state index contributed by atoms with van der Waals surface area (Å²) in [4.78, 5) is 4.82. The van der Waals surface area contributed by atoms with Crippen molar-refractivity contribution < 1.29 is 0 Å². The third kappa shape index (κ3) is 2.30. The fourth-order valence-corrected chi connectivity index (χ4v) is 3.64. The van der Waals surface area contributed by atoms with Gasteiger partial charge < -0.3 is 5.32 Å². The molecule has 3 heteroatoms. The number of hydrogen-bond donors (Lipinski definition) is 1. The van der Waals surface area contributed by atoms with E-state index in [-0.39, 0.29) is 0 Å². The highest BCUT2D eigenvalue weighted by Gasteiger charge is 2.23. The first-order valence-electron chi connectivity index (χ1n) is 6.57. The normalized spacial score (nSPS) is 23.2.